The highest BCUT2D eigenvalue weighted by molar-refractivity contribution is 9.08. The summed E-state index contributed by atoms with van der Waals surface area (Å²) in [7, 11) is 0. The van der Waals surface area contributed by atoms with E-state index in [1.807, 2.05) is 12.1 Å². The van der Waals surface area contributed by atoms with Gasteiger partial charge in [0.25, 0.3) is 0 Å². The molecule has 0 N–H and O–H groups in total. The molecule has 0 atom stereocenters. The van der Waals surface area contributed by atoms with Crippen molar-refractivity contribution in [3.8, 4) is 5.69 Å². The van der Waals surface area contributed by atoms with Crippen LogP contribution in [-0.4, -0.2) is 14.8 Å². The number of halogens is 4. The molecule has 0 amide bonds. The topological polar surface area (TPSA) is 30.7 Å². The Kier molecular flexibility index (Phi) is 3.68. The highest BCUT2D eigenvalue weighted by Crippen LogP contribution is 2.33. The normalized spacial score (nSPS) is 11.8. The van der Waals surface area contributed by atoms with Crippen LogP contribution in [0, 0.1) is 6.92 Å². The van der Waals surface area contributed by atoms with Crippen LogP contribution in [0.3, 0.4) is 0 Å². The van der Waals surface area contributed by atoms with Gasteiger partial charge in [0.15, 0.2) is 0 Å². The molecule has 0 saturated carbocycles. The van der Waals surface area contributed by atoms with Crippen molar-refractivity contribution >= 4 is 27.5 Å². The van der Waals surface area contributed by atoms with Crippen LogP contribution in [0.15, 0.2) is 24.3 Å². The van der Waals surface area contributed by atoms with E-state index in [0.717, 1.165) is 10.2 Å². The minimum Gasteiger partial charge on any atom is -0.210 e. The zero-order valence-electron chi connectivity index (χ0n) is 9.37. The number of alkyl halides is 4. The number of rotatable bonds is 3. The van der Waals surface area contributed by atoms with E-state index in [0.29, 0.717) is 11.0 Å². The molecule has 0 aliphatic rings. The van der Waals surface area contributed by atoms with Crippen LogP contribution in [0.2, 0.25) is 0 Å². The third-order valence-electron chi connectivity index (χ3n) is 2.33. The first-order chi connectivity index (χ1) is 8.43. The van der Waals surface area contributed by atoms with E-state index < -0.39 is 11.2 Å². The lowest BCUT2D eigenvalue weighted by atomic mass is 10.2. The Morgan fingerprint density at radius 2 is 2.06 bits per heavy atom. The van der Waals surface area contributed by atoms with Gasteiger partial charge in [-0.1, -0.05) is 34.1 Å². The molecule has 0 fully saturated rings. The molecule has 0 bridgehead atoms. The summed E-state index contributed by atoms with van der Waals surface area (Å²) in [6, 6.07) is 7.07. The maximum Gasteiger partial charge on any atom is 0.381 e. The van der Waals surface area contributed by atoms with Gasteiger partial charge in [-0.2, -0.15) is 13.9 Å². The van der Waals surface area contributed by atoms with Gasteiger partial charge in [0.2, 0.25) is 5.82 Å². The predicted molar refractivity (Wildman–Crippen MR) is 68.5 cm³/mol. The van der Waals surface area contributed by atoms with Crippen LogP contribution >= 0.6 is 27.5 Å². The van der Waals surface area contributed by atoms with Crippen molar-refractivity contribution < 1.29 is 8.78 Å². The average Bonchev–Trinajstić information content (AvgIpc) is 2.71. The number of benzene rings is 1. The van der Waals surface area contributed by atoms with Gasteiger partial charge in [-0.15, -0.1) is 0 Å². The SMILES string of the molecule is Cc1nc(C(F)(F)Cl)n(-c2ccccc2CBr)n1. The molecule has 0 aliphatic heterocycles. The van der Waals surface area contributed by atoms with E-state index in [9.17, 15) is 8.78 Å². The summed E-state index contributed by atoms with van der Waals surface area (Å²) in [5, 5.41) is 0.945. The fourth-order valence-corrected chi connectivity index (χ4v) is 2.19. The third-order valence-corrected chi connectivity index (χ3v) is 3.10. The summed E-state index contributed by atoms with van der Waals surface area (Å²) >= 11 is 8.36. The van der Waals surface area contributed by atoms with Crippen LogP contribution in [0.4, 0.5) is 8.78 Å². The first kappa shape index (κ1) is 13.4. The van der Waals surface area contributed by atoms with E-state index in [1.54, 1.807) is 19.1 Å². The monoisotopic (exact) mass is 335 g/mol. The Balaban J connectivity index is 2.64. The fraction of sp³-hybridized carbons (Fsp3) is 0.273. The first-order valence-electron chi connectivity index (χ1n) is 5.08. The lowest BCUT2D eigenvalue weighted by molar-refractivity contribution is 0.0818. The molecule has 96 valence electrons. The minimum absolute atomic E-state index is 0.245. The van der Waals surface area contributed by atoms with E-state index in [2.05, 4.69) is 26.0 Å². The molecule has 3 nitrogen and oxygen atoms in total. The van der Waals surface area contributed by atoms with Crippen LogP contribution < -0.4 is 0 Å². The predicted octanol–water partition coefficient (Wildman–Crippen LogP) is 3.76. The molecule has 0 unspecified atom stereocenters. The van der Waals surface area contributed by atoms with E-state index in [-0.39, 0.29) is 5.82 Å². The second-order valence-electron chi connectivity index (χ2n) is 3.65. The Morgan fingerprint density at radius 1 is 1.39 bits per heavy atom. The molecular weight excluding hydrogens is 327 g/mol. The third kappa shape index (κ3) is 2.54. The average molecular weight is 337 g/mol. The van der Waals surface area contributed by atoms with Gasteiger partial charge in [0.1, 0.15) is 5.82 Å². The zero-order valence-corrected chi connectivity index (χ0v) is 11.7. The first-order valence-corrected chi connectivity index (χ1v) is 6.58. The summed E-state index contributed by atoms with van der Waals surface area (Å²) < 4.78 is 27.6. The lowest BCUT2D eigenvalue weighted by Gasteiger charge is -2.12. The van der Waals surface area contributed by atoms with E-state index in [4.69, 9.17) is 11.6 Å². The zero-order chi connectivity index (χ0) is 13.3. The molecule has 1 heterocycles. The summed E-state index contributed by atoms with van der Waals surface area (Å²) in [5.41, 5.74) is 1.36. The summed E-state index contributed by atoms with van der Waals surface area (Å²) in [6.45, 7) is 1.54. The fourth-order valence-electron chi connectivity index (χ4n) is 1.60. The Hall–Kier alpha value is -1.01. The van der Waals surface area contributed by atoms with Crippen LogP contribution in [0.1, 0.15) is 17.2 Å². The lowest BCUT2D eigenvalue weighted by Crippen LogP contribution is -2.14. The molecular formula is C11H9BrClF2N3. The van der Waals surface area contributed by atoms with Crippen molar-refractivity contribution in [3.63, 3.8) is 0 Å². The van der Waals surface area contributed by atoms with Gasteiger partial charge >= 0.3 is 5.38 Å². The van der Waals surface area contributed by atoms with Crippen LogP contribution in [-0.2, 0) is 10.7 Å². The quantitative estimate of drug-likeness (QED) is 0.799. The van der Waals surface area contributed by atoms with Crippen LogP contribution in [0.5, 0.6) is 0 Å². The number of para-hydroxylation sites is 1. The molecule has 1 aromatic carbocycles. The number of aryl methyl sites for hydroxylation is 1. The molecule has 2 rings (SSSR count). The summed E-state index contributed by atoms with van der Waals surface area (Å²) in [6.07, 6.45) is 0. The maximum absolute atomic E-state index is 13.3. The van der Waals surface area contributed by atoms with Gasteiger partial charge in [-0.25, -0.2) is 9.67 Å². The second kappa shape index (κ2) is 4.93. The molecule has 18 heavy (non-hydrogen) atoms. The summed E-state index contributed by atoms with van der Waals surface area (Å²) in [4.78, 5) is 3.69. The second-order valence-corrected chi connectivity index (χ2v) is 4.69. The molecule has 0 spiro atoms. The van der Waals surface area contributed by atoms with Crippen molar-refractivity contribution in [2.75, 3.05) is 0 Å². The molecule has 0 aliphatic carbocycles. The minimum atomic E-state index is -3.55. The highest BCUT2D eigenvalue weighted by atomic mass is 79.9. The molecule has 2 aromatic rings. The largest absolute Gasteiger partial charge is 0.381 e. The Labute approximate surface area is 116 Å². The van der Waals surface area contributed by atoms with Gasteiger partial charge < -0.3 is 0 Å². The van der Waals surface area contributed by atoms with Crippen LogP contribution in [0.25, 0.3) is 5.69 Å². The Bertz CT molecular complexity index is 566. The molecule has 0 radical (unpaired) electrons. The van der Waals surface area contributed by atoms with Gasteiger partial charge in [0, 0.05) is 5.33 Å². The standard InChI is InChI=1S/C11H9BrClF2N3/c1-7-16-10(11(13,14)15)18(17-7)9-5-3-2-4-8(9)6-12/h2-5H,6H2,1H3. The smallest absolute Gasteiger partial charge is 0.210 e. The summed E-state index contributed by atoms with van der Waals surface area (Å²) in [5.74, 6) is -0.329. The number of aromatic nitrogens is 3. The van der Waals surface area contributed by atoms with Gasteiger partial charge in [-0.05, 0) is 30.2 Å². The van der Waals surface area contributed by atoms with Crippen molar-refractivity contribution in [3.05, 3.63) is 41.5 Å². The number of hydrogen-bond donors (Lipinski definition) is 0. The Morgan fingerprint density at radius 3 is 2.67 bits per heavy atom. The van der Waals surface area contributed by atoms with Crippen molar-refractivity contribution in [2.24, 2.45) is 0 Å². The van der Waals surface area contributed by atoms with Gasteiger partial charge in [-0.3, -0.25) is 0 Å². The highest BCUT2D eigenvalue weighted by Gasteiger charge is 2.35. The number of nitrogens with zero attached hydrogens (tertiary/aromatic N) is 3. The molecule has 0 saturated heterocycles. The van der Waals surface area contributed by atoms with Crippen molar-refractivity contribution in [1.29, 1.82) is 0 Å². The van der Waals surface area contributed by atoms with E-state index >= 15 is 0 Å². The van der Waals surface area contributed by atoms with Crippen molar-refractivity contribution in [2.45, 2.75) is 17.6 Å². The molecule has 1 aromatic heterocycles. The number of hydrogen-bond acceptors (Lipinski definition) is 2. The van der Waals surface area contributed by atoms with E-state index in [1.165, 1.54) is 0 Å². The van der Waals surface area contributed by atoms with Gasteiger partial charge in [0.05, 0.1) is 5.69 Å². The molecule has 7 heteroatoms. The van der Waals surface area contributed by atoms with Crippen molar-refractivity contribution in [1.82, 2.24) is 14.8 Å². The maximum atomic E-state index is 13.3.